The van der Waals surface area contributed by atoms with Crippen LogP contribution in [0.2, 0.25) is 0 Å². The third-order valence-corrected chi connectivity index (χ3v) is 4.43. The van der Waals surface area contributed by atoms with Crippen LogP contribution in [0.5, 0.6) is 0 Å². The molecule has 0 spiro atoms. The number of nitro benzene ring substituents is 1. The molecule has 158 valence electrons. The van der Waals surface area contributed by atoms with Gasteiger partial charge >= 0.3 is 0 Å². The van der Waals surface area contributed by atoms with Crippen LogP contribution in [0.25, 0.3) is 0 Å². The first-order valence-electron chi connectivity index (χ1n) is 10.2. The molecule has 6 heteroatoms. The van der Waals surface area contributed by atoms with Crippen molar-refractivity contribution in [2.75, 3.05) is 31.5 Å². The van der Waals surface area contributed by atoms with Gasteiger partial charge < -0.3 is 10.2 Å². The predicted molar refractivity (Wildman–Crippen MR) is 123 cm³/mol. The summed E-state index contributed by atoms with van der Waals surface area (Å²) in [6, 6.07) is 15.0. The molecule has 2 aromatic rings. The molecule has 0 saturated heterocycles. The van der Waals surface area contributed by atoms with E-state index < -0.39 is 4.92 Å². The van der Waals surface area contributed by atoms with Gasteiger partial charge in [-0.25, -0.2) is 0 Å². The summed E-state index contributed by atoms with van der Waals surface area (Å²) in [5, 5.41) is 13.6. The van der Waals surface area contributed by atoms with Gasteiger partial charge in [-0.2, -0.15) is 0 Å². The molecule has 1 N–H and O–H groups in total. The standard InChI is InChI=1S/C16H27N3.C7H7NO2/c1-4-12-19(5-2)13-6-11-18-16-9-7-15(8-10-16)14-17-3;1-6-3-2-4-7(5-6)8(9)10/h7-10,18H,3-6,11-14H2,1-2H3;2-5H,1H3. The van der Waals surface area contributed by atoms with E-state index in [2.05, 4.69) is 60.0 Å². The molecule has 0 radical (unpaired) electrons. The third-order valence-electron chi connectivity index (χ3n) is 4.43. The third kappa shape index (κ3) is 10.4. The van der Waals surface area contributed by atoms with Crippen molar-refractivity contribution in [3.8, 4) is 0 Å². The molecule has 29 heavy (non-hydrogen) atoms. The quantitative estimate of drug-likeness (QED) is 0.240. The summed E-state index contributed by atoms with van der Waals surface area (Å²) in [6.07, 6.45) is 2.42. The highest BCUT2D eigenvalue weighted by Gasteiger charge is 2.02. The Morgan fingerprint density at radius 3 is 2.38 bits per heavy atom. The second-order valence-corrected chi connectivity index (χ2v) is 6.89. The van der Waals surface area contributed by atoms with E-state index in [0.717, 1.165) is 18.7 Å². The number of anilines is 1. The van der Waals surface area contributed by atoms with E-state index in [9.17, 15) is 10.1 Å². The van der Waals surface area contributed by atoms with Gasteiger partial charge in [0.2, 0.25) is 0 Å². The summed E-state index contributed by atoms with van der Waals surface area (Å²) in [7, 11) is 0. The van der Waals surface area contributed by atoms with Gasteiger partial charge in [-0.15, -0.1) is 0 Å². The second-order valence-electron chi connectivity index (χ2n) is 6.89. The molecule has 6 nitrogen and oxygen atoms in total. The number of nitrogens with zero attached hydrogens (tertiary/aromatic N) is 3. The lowest BCUT2D eigenvalue weighted by Crippen LogP contribution is -2.26. The number of aryl methyl sites for hydroxylation is 1. The Bertz CT molecular complexity index is 732. The van der Waals surface area contributed by atoms with Gasteiger partial charge in [-0.05, 0) is 69.4 Å². The summed E-state index contributed by atoms with van der Waals surface area (Å²) < 4.78 is 0. The van der Waals surface area contributed by atoms with Crippen LogP contribution in [0.15, 0.2) is 53.5 Å². The fraction of sp³-hybridized carbons (Fsp3) is 0.435. The zero-order valence-electron chi connectivity index (χ0n) is 17.9. The van der Waals surface area contributed by atoms with Gasteiger partial charge in [-0.3, -0.25) is 15.1 Å². The van der Waals surface area contributed by atoms with Crippen molar-refractivity contribution in [1.82, 2.24) is 4.90 Å². The lowest BCUT2D eigenvalue weighted by molar-refractivity contribution is -0.384. The molecule has 0 saturated carbocycles. The molecule has 2 rings (SSSR count). The van der Waals surface area contributed by atoms with Gasteiger partial charge in [0.25, 0.3) is 5.69 Å². The summed E-state index contributed by atoms with van der Waals surface area (Å²) in [6.45, 7) is 15.1. The Labute approximate surface area is 174 Å². The Hall–Kier alpha value is -2.73. The fourth-order valence-electron chi connectivity index (χ4n) is 2.88. The van der Waals surface area contributed by atoms with Gasteiger partial charge in [0.1, 0.15) is 0 Å². The number of rotatable bonds is 11. The van der Waals surface area contributed by atoms with Gasteiger partial charge in [0, 0.05) is 24.4 Å². The van der Waals surface area contributed by atoms with Crippen LogP contribution in [-0.2, 0) is 6.54 Å². The Kier molecular flexibility index (Phi) is 12.0. The van der Waals surface area contributed by atoms with Crippen LogP contribution in [0, 0.1) is 17.0 Å². The minimum absolute atomic E-state index is 0.153. The highest BCUT2D eigenvalue weighted by molar-refractivity contribution is 5.44. The first kappa shape index (κ1) is 24.3. The highest BCUT2D eigenvalue weighted by atomic mass is 16.6. The average molecular weight is 399 g/mol. The van der Waals surface area contributed by atoms with Crippen LogP contribution in [0.3, 0.4) is 0 Å². The molecule has 0 aliphatic rings. The van der Waals surface area contributed by atoms with Crippen LogP contribution in [0.4, 0.5) is 11.4 Å². The van der Waals surface area contributed by atoms with Gasteiger partial charge in [0.15, 0.2) is 0 Å². The SMILES string of the molecule is C=NCc1ccc(NCCCN(CC)CCC)cc1.Cc1cccc([N+](=O)[O-])c1. The first-order valence-corrected chi connectivity index (χ1v) is 10.2. The van der Waals surface area contributed by atoms with E-state index in [0.29, 0.717) is 6.54 Å². The summed E-state index contributed by atoms with van der Waals surface area (Å²) in [4.78, 5) is 16.1. The molecule has 0 amide bonds. The fourth-order valence-corrected chi connectivity index (χ4v) is 2.88. The van der Waals surface area contributed by atoms with E-state index in [1.54, 1.807) is 12.1 Å². The number of benzene rings is 2. The van der Waals surface area contributed by atoms with Crippen molar-refractivity contribution >= 4 is 18.1 Å². The van der Waals surface area contributed by atoms with Crippen molar-refractivity contribution in [2.24, 2.45) is 4.99 Å². The number of hydrogen-bond acceptors (Lipinski definition) is 5. The molecular formula is C23H34N4O2. The molecule has 0 unspecified atom stereocenters. The second kappa shape index (κ2) is 14.3. The van der Waals surface area contributed by atoms with Crippen molar-refractivity contribution in [3.05, 3.63) is 69.8 Å². The maximum Gasteiger partial charge on any atom is 0.269 e. The number of nitro groups is 1. The maximum absolute atomic E-state index is 10.2. The summed E-state index contributed by atoms with van der Waals surface area (Å²) in [5.41, 5.74) is 3.46. The molecule has 0 fully saturated rings. The molecule has 0 aliphatic carbocycles. The largest absolute Gasteiger partial charge is 0.385 e. The van der Waals surface area contributed by atoms with Crippen molar-refractivity contribution in [3.63, 3.8) is 0 Å². The minimum atomic E-state index is -0.396. The Morgan fingerprint density at radius 2 is 1.86 bits per heavy atom. The Morgan fingerprint density at radius 1 is 1.14 bits per heavy atom. The molecule has 0 heterocycles. The monoisotopic (exact) mass is 398 g/mol. The number of aliphatic imine (C=N–C) groups is 1. The average Bonchev–Trinajstić information content (AvgIpc) is 2.72. The van der Waals surface area contributed by atoms with Crippen molar-refractivity contribution < 1.29 is 4.92 Å². The van der Waals surface area contributed by atoms with Crippen LogP contribution in [-0.4, -0.2) is 42.7 Å². The van der Waals surface area contributed by atoms with E-state index in [1.165, 1.54) is 43.2 Å². The van der Waals surface area contributed by atoms with Gasteiger partial charge in [0.05, 0.1) is 11.5 Å². The molecule has 0 atom stereocenters. The molecule has 0 bridgehead atoms. The lowest BCUT2D eigenvalue weighted by Gasteiger charge is -2.19. The number of non-ortho nitro benzene ring substituents is 1. The molecular weight excluding hydrogens is 364 g/mol. The Balaban J connectivity index is 0.000000352. The normalized spacial score (nSPS) is 10.2. The number of nitrogens with one attached hydrogen (secondary N) is 1. The van der Waals surface area contributed by atoms with E-state index in [-0.39, 0.29) is 5.69 Å². The smallest absolute Gasteiger partial charge is 0.269 e. The van der Waals surface area contributed by atoms with Crippen molar-refractivity contribution in [2.45, 2.75) is 40.2 Å². The molecule has 2 aromatic carbocycles. The van der Waals surface area contributed by atoms with E-state index in [1.807, 2.05) is 13.0 Å². The highest BCUT2D eigenvalue weighted by Crippen LogP contribution is 2.11. The van der Waals surface area contributed by atoms with Crippen LogP contribution < -0.4 is 5.32 Å². The zero-order valence-corrected chi connectivity index (χ0v) is 17.9. The molecule has 0 aromatic heterocycles. The minimum Gasteiger partial charge on any atom is -0.385 e. The predicted octanol–water partition coefficient (Wildman–Crippen LogP) is 5.32. The van der Waals surface area contributed by atoms with Crippen molar-refractivity contribution in [1.29, 1.82) is 0 Å². The lowest BCUT2D eigenvalue weighted by atomic mass is 10.2. The zero-order chi connectivity index (χ0) is 21.5. The van der Waals surface area contributed by atoms with Crippen LogP contribution in [0.1, 0.15) is 37.8 Å². The van der Waals surface area contributed by atoms with E-state index >= 15 is 0 Å². The first-order chi connectivity index (χ1) is 14.0. The molecule has 0 aliphatic heterocycles. The topological polar surface area (TPSA) is 70.8 Å². The number of hydrogen-bond donors (Lipinski definition) is 1. The van der Waals surface area contributed by atoms with Gasteiger partial charge in [-0.1, -0.05) is 38.1 Å². The van der Waals surface area contributed by atoms with E-state index in [4.69, 9.17) is 0 Å². The summed E-state index contributed by atoms with van der Waals surface area (Å²) >= 11 is 0. The van der Waals surface area contributed by atoms with Crippen LogP contribution >= 0.6 is 0 Å². The summed E-state index contributed by atoms with van der Waals surface area (Å²) in [5.74, 6) is 0. The maximum atomic E-state index is 10.2.